The number of hydrogen-bond acceptors (Lipinski definition) is 0. The molecule has 1 saturated carbocycles. The minimum absolute atomic E-state index is 1.08. The van der Waals surface area contributed by atoms with Crippen LogP contribution < -0.4 is 0 Å². The third kappa shape index (κ3) is 7.74. The fourth-order valence-corrected chi connectivity index (χ4v) is 0.884. The Bertz CT molecular complexity index is 43.4. The van der Waals surface area contributed by atoms with E-state index in [-0.39, 0.29) is 0 Å². The molecule has 0 heterocycles. The van der Waals surface area contributed by atoms with Crippen molar-refractivity contribution in [3.05, 3.63) is 12.7 Å². The molecule has 0 amide bonds. The van der Waals surface area contributed by atoms with Crippen LogP contribution in [-0.4, -0.2) is 0 Å². The van der Waals surface area contributed by atoms with Gasteiger partial charge in [-0.2, -0.15) is 0 Å². The third-order valence-electron chi connectivity index (χ3n) is 1.54. The molecular formula is C9H18. The molecule has 0 radical (unpaired) electrons. The molecule has 1 fully saturated rings. The molecule has 0 nitrogen and oxygen atoms in total. The topological polar surface area (TPSA) is 0 Å². The van der Waals surface area contributed by atoms with E-state index in [4.69, 9.17) is 0 Å². The highest BCUT2D eigenvalue weighted by Gasteiger charge is 1.95. The highest BCUT2D eigenvalue weighted by atomic mass is 14.0. The van der Waals surface area contributed by atoms with Crippen LogP contribution in [0.3, 0.4) is 0 Å². The van der Waals surface area contributed by atoms with Crippen molar-refractivity contribution in [2.45, 2.75) is 45.4 Å². The van der Waals surface area contributed by atoms with Crippen LogP contribution in [-0.2, 0) is 0 Å². The van der Waals surface area contributed by atoms with Gasteiger partial charge in [-0.1, -0.05) is 45.1 Å². The molecule has 1 aliphatic rings. The summed E-state index contributed by atoms with van der Waals surface area (Å²) in [5.41, 5.74) is 0. The molecule has 1 aliphatic carbocycles. The largest absolute Gasteiger partial charge is 0.103 e. The van der Waals surface area contributed by atoms with E-state index in [0.717, 1.165) is 6.42 Å². The lowest BCUT2D eigenvalue weighted by molar-refractivity contribution is 0.886. The summed E-state index contributed by atoms with van der Waals surface area (Å²) in [5.74, 6) is 0. The zero-order chi connectivity index (χ0) is 6.95. The molecule has 0 N–H and O–H groups in total. The Kier molecular flexibility index (Phi) is 7.52. The van der Waals surface area contributed by atoms with Crippen LogP contribution in [0.5, 0.6) is 0 Å². The normalized spacial score (nSPS) is 16.1. The summed E-state index contributed by atoms with van der Waals surface area (Å²) in [6, 6.07) is 0. The summed E-state index contributed by atoms with van der Waals surface area (Å²) in [4.78, 5) is 0. The quantitative estimate of drug-likeness (QED) is 0.471. The molecule has 0 atom stereocenters. The molecular weight excluding hydrogens is 108 g/mol. The van der Waals surface area contributed by atoms with Gasteiger partial charge in [0.1, 0.15) is 0 Å². The Labute approximate surface area is 59.0 Å². The molecule has 0 unspecified atom stereocenters. The molecule has 0 aliphatic heterocycles. The average molecular weight is 126 g/mol. The predicted octanol–water partition coefficient (Wildman–Crippen LogP) is 3.53. The highest BCUT2D eigenvalue weighted by molar-refractivity contribution is 4.60. The fourth-order valence-electron chi connectivity index (χ4n) is 0.884. The molecule has 0 saturated heterocycles. The fraction of sp³-hybridized carbons (Fsp3) is 0.778. The van der Waals surface area contributed by atoms with Crippen LogP contribution in [0.1, 0.15) is 45.4 Å². The van der Waals surface area contributed by atoms with Crippen molar-refractivity contribution < 1.29 is 0 Å². The Balaban J connectivity index is 0.000000148. The van der Waals surface area contributed by atoms with Crippen molar-refractivity contribution in [3.8, 4) is 0 Å². The van der Waals surface area contributed by atoms with E-state index >= 15 is 0 Å². The summed E-state index contributed by atoms with van der Waals surface area (Å²) in [6.45, 7) is 5.54. The SMILES string of the molecule is C1CCCC1.C=CCC. The third-order valence-corrected chi connectivity index (χ3v) is 1.54. The van der Waals surface area contributed by atoms with Gasteiger partial charge >= 0.3 is 0 Å². The first-order valence-electron chi connectivity index (χ1n) is 4.02. The molecule has 0 aromatic carbocycles. The van der Waals surface area contributed by atoms with Gasteiger partial charge in [-0.15, -0.1) is 6.58 Å². The minimum atomic E-state index is 1.08. The second kappa shape index (κ2) is 7.74. The van der Waals surface area contributed by atoms with Crippen LogP contribution in [0.2, 0.25) is 0 Å². The first kappa shape index (κ1) is 8.74. The van der Waals surface area contributed by atoms with Crippen molar-refractivity contribution in [1.29, 1.82) is 0 Å². The van der Waals surface area contributed by atoms with E-state index in [1.807, 2.05) is 6.08 Å². The van der Waals surface area contributed by atoms with Crippen molar-refractivity contribution in [3.63, 3.8) is 0 Å². The Morgan fingerprint density at radius 3 is 1.44 bits per heavy atom. The van der Waals surface area contributed by atoms with Gasteiger partial charge in [0, 0.05) is 0 Å². The summed E-state index contributed by atoms with van der Waals surface area (Å²) >= 11 is 0. The van der Waals surface area contributed by atoms with Crippen molar-refractivity contribution in [1.82, 2.24) is 0 Å². The summed E-state index contributed by atoms with van der Waals surface area (Å²) in [7, 11) is 0. The van der Waals surface area contributed by atoms with E-state index < -0.39 is 0 Å². The monoisotopic (exact) mass is 126 g/mol. The predicted molar refractivity (Wildman–Crippen MR) is 43.6 cm³/mol. The van der Waals surface area contributed by atoms with Gasteiger partial charge in [-0.25, -0.2) is 0 Å². The second-order valence-corrected chi connectivity index (χ2v) is 2.46. The van der Waals surface area contributed by atoms with Gasteiger partial charge < -0.3 is 0 Å². The molecule has 0 aromatic rings. The van der Waals surface area contributed by atoms with Crippen LogP contribution in [0.4, 0.5) is 0 Å². The summed E-state index contributed by atoms with van der Waals surface area (Å²) in [6.07, 6.45) is 10.5. The average Bonchev–Trinajstić information content (AvgIpc) is 2.43. The zero-order valence-electron chi connectivity index (χ0n) is 6.53. The van der Waals surface area contributed by atoms with E-state index in [9.17, 15) is 0 Å². The molecule has 0 heteroatoms. The van der Waals surface area contributed by atoms with Crippen LogP contribution >= 0.6 is 0 Å². The highest BCUT2D eigenvalue weighted by Crippen LogP contribution is 2.15. The maximum atomic E-state index is 3.48. The Hall–Kier alpha value is -0.260. The molecule has 1 rings (SSSR count). The van der Waals surface area contributed by atoms with Gasteiger partial charge in [0.25, 0.3) is 0 Å². The smallest absolute Gasteiger partial charge is 0.0382 e. The van der Waals surface area contributed by atoms with E-state index in [1.54, 1.807) is 0 Å². The lowest BCUT2D eigenvalue weighted by Gasteiger charge is -1.67. The Morgan fingerprint density at radius 2 is 1.33 bits per heavy atom. The maximum Gasteiger partial charge on any atom is -0.0382 e. The molecule has 0 bridgehead atoms. The van der Waals surface area contributed by atoms with Gasteiger partial charge in [0.2, 0.25) is 0 Å². The minimum Gasteiger partial charge on any atom is -0.103 e. The van der Waals surface area contributed by atoms with Crippen molar-refractivity contribution in [2.24, 2.45) is 0 Å². The molecule has 9 heavy (non-hydrogen) atoms. The maximum absolute atomic E-state index is 3.48. The lowest BCUT2D eigenvalue weighted by atomic mass is 10.4. The molecule has 0 spiro atoms. The number of rotatable bonds is 1. The first-order valence-corrected chi connectivity index (χ1v) is 4.02. The van der Waals surface area contributed by atoms with Gasteiger partial charge in [-0.3, -0.25) is 0 Å². The van der Waals surface area contributed by atoms with E-state index in [1.165, 1.54) is 32.1 Å². The van der Waals surface area contributed by atoms with Crippen molar-refractivity contribution in [2.75, 3.05) is 0 Å². The zero-order valence-corrected chi connectivity index (χ0v) is 6.53. The van der Waals surface area contributed by atoms with Gasteiger partial charge in [0.15, 0.2) is 0 Å². The first-order chi connectivity index (χ1) is 4.41. The standard InChI is InChI=1S/C5H10.C4H8/c1-2-4-5-3-1;1-3-4-2/h1-5H2;3H,1,4H2,2H3. The number of allylic oxidation sites excluding steroid dienone is 1. The summed E-state index contributed by atoms with van der Waals surface area (Å²) in [5, 5.41) is 0. The van der Waals surface area contributed by atoms with Crippen molar-refractivity contribution >= 4 is 0 Å². The lowest BCUT2D eigenvalue weighted by Crippen LogP contribution is -1.47. The Morgan fingerprint density at radius 1 is 1.11 bits per heavy atom. The van der Waals surface area contributed by atoms with Gasteiger partial charge in [-0.05, 0) is 6.42 Å². The van der Waals surface area contributed by atoms with Crippen LogP contribution in [0.25, 0.3) is 0 Å². The summed E-state index contributed by atoms with van der Waals surface area (Å²) < 4.78 is 0. The molecule has 0 aromatic heterocycles. The van der Waals surface area contributed by atoms with Crippen LogP contribution in [0, 0.1) is 0 Å². The van der Waals surface area contributed by atoms with Crippen LogP contribution in [0.15, 0.2) is 12.7 Å². The van der Waals surface area contributed by atoms with E-state index in [2.05, 4.69) is 13.5 Å². The van der Waals surface area contributed by atoms with E-state index in [0.29, 0.717) is 0 Å². The molecule has 54 valence electrons. The number of hydrogen-bond donors (Lipinski definition) is 0. The van der Waals surface area contributed by atoms with Gasteiger partial charge in [0.05, 0.1) is 0 Å². The second-order valence-electron chi connectivity index (χ2n) is 2.46.